The number of carbonyl (C=O) groups excluding carboxylic acids is 1. The predicted octanol–water partition coefficient (Wildman–Crippen LogP) is 5.15. The van der Waals surface area contributed by atoms with Gasteiger partial charge in [0, 0.05) is 26.6 Å². The number of ketones is 1. The van der Waals surface area contributed by atoms with Crippen LogP contribution in [0.5, 0.6) is 0 Å². The molecule has 0 aliphatic carbocycles. The Morgan fingerprint density at radius 2 is 1.76 bits per heavy atom. The first-order valence-corrected chi connectivity index (χ1v) is 7.03. The highest BCUT2D eigenvalue weighted by molar-refractivity contribution is 7.17. The van der Waals surface area contributed by atoms with Gasteiger partial charge in [-0.15, -0.1) is 11.3 Å². The van der Waals surface area contributed by atoms with Gasteiger partial charge < -0.3 is 0 Å². The number of carbonyl (C=O) groups is 1. The Morgan fingerprint density at radius 1 is 1.00 bits per heavy atom. The molecule has 0 saturated carbocycles. The van der Waals surface area contributed by atoms with E-state index in [1.807, 2.05) is 12.1 Å². The van der Waals surface area contributed by atoms with Crippen LogP contribution in [0.1, 0.15) is 21.5 Å². The second kappa shape index (κ2) is 5.00. The lowest BCUT2D eigenvalue weighted by atomic mass is 10.0. The first kappa shape index (κ1) is 13.8. The van der Waals surface area contributed by atoms with E-state index < -0.39 is 17.5 Å². The van der Waals surface area contributed by atoms with Gasteiger partial charge in [0.2, 0.25) is 0 Å². The highest BCUT2D eigenvalue weighted by Gasteiger charge is 2.31. The van der Waals surface area contributed by atoms with E-state index in [1.54, 1.807) is 17.5 Å². The van der Waals surface area contributed by atoms with Crippen molar-refractivity contribution in [2.75, 3.05) is 0 Å². The average Bonchev–Trinajstić information content (AvgIpc) is 2.90. The van der Waals surface area contributed by atoms with Crippen LogP contribution in [-0.2, 0) is 6.18 Å². The fourth-order valence-corrected chi connectivity index (χ4v) is 3.09. The zero-order valence-electron chi connectivity index (χ0n) is 10.6. The summed E-state index contributed by atoms with van der Waals surface area (Å²) in [6.45, 7) is 0. The molecule has 1 nitrogen and oxygen atoms in total. The molecule has 0 N–H and O–H groups in total. The summed E-state index contributed by atoms with van der Waals surface area (Å²) < 4.78 is 39.1. The molecule has 0 aliphatic heterocycles. The lowest BCUT2D eigenvalue weighted by Gasteiger charge is -2.08. The molecule has 0 atom stereocenters. The van der Waals surface area contributed by atoms with Gasteiger partial charge >= 0.3 is 6.18 Å². The van der Waals surface area contributed by atoms with Gasteiger partial charge in [-0.1, -0.05) is 30.3 Å². The van der Waals surface area contributed by atoms with E-state index in [0.717, 1.165) is 22.2 Å². The van der Waals surface area contributed by atoms with Crippen LogP contribution in [0.4, 0.5) is 13.2 Å². The maximum atomic E-state index is 12.7. The molecule has 0 aliphatic rings. The quantitative estimate of drug-likeness (QED) is 0.598. The number of rotatable bonds is 2. The number of alkyl halides is 3. The van der Waals surface area contributed by atoms with Crippen molar-refractivity contribution in [3.8, 4) is 0 Å². The molecule has 0 radical (unpaired) electrons. The maximum absolute atomic E-state index is 12.7. The number of benzene rings is 2. The Bertz CT molecular complexity index is 818. The monoisotopic (exact) mass is 306 g/mol. The summed E-state index contributed by atoms with van der Waals surface area (Å²) in [6, 6.07) is 11.9. The Morgan fingerprint density at radius 3 is 2.52 bits per heavy atom. The maximum Gasteiger partial charge on any atom is 0.416 e. The third-order valence-corrected chi connectivity index (χ3v) is 4.14. The van der Waals surface area contributed by atoms with Crippen molar-refractivity contribution < 1.29 is 18.0 Å². The molecule has 1 heterocycles. The van der Waals surface area contributed by atoms with Crippen molar-refractivity contribution in [3.63, 3.8) is 0 Å². The standard InChI is InChI=1S/C16H9F3OS/c17-16(18,19)11-5-3-4-10(8-11)15(20)13-9-21-14-7-2-1-6-12(13)14/h1-9H. The van der Waals surface area contributed by atoms with E-state index in [9.17, 15) is 18.0 Å². The van der Waals surface area contributed by atoms with Crippen LogP contribution >= 0.6 is 11.3 Å². The van der Waals surface area contributed by atoms with E-state index in [0.29, 0.717) is 5.56 Å². The Kier molecular flexibility index (Phi) is 3.29. The fraction of sp³-hybridized carbons (Fsp3) is 0.0625. The number of thiophene rings is 1. The van der Waals surface area contributed by atoms with Gasteiger partial charge in [0.25, 0.3) is 0 Å². The minimum Gasteiger partial charge on any atom is -0.289 e. The van der Waals surface area contributed by atoms with Crippen LogP contribution in [0.15, 0.2) is 53.9 Å². The highest BCUT2D eigenvalue weighted by atomic mass is 32.1. The molecule has 0 bridgehead atoms. The number of fused-ring (bicyclic) bond motifs is 1. The number of hydrogen-bond acceptors (Lipinski definition) is 2. The number of hydrogen-bond donors (Lipinski definition) is 0. The summed E-state index contributed by atoms with van der Waals surface area (Å²) in [7, 11) is 0. The molecule has 1 aromatic heterocycles. The molecule has 21 heavy (non-hydrogen) atoms. The zero-order valence-corrected chi connectivity index (χ0v) is 11.5. The van der Waals surface area contributed by atoms with Crippen LogP contribution in [0.25, 0.3) is 10.1 Å². The second-order valence-electron chi connectivity index (χ2n) is 4.55. The number of halogens is 3. The van der Waals surface area contributed by atoms with Gasteiger partial charge in [-0.25, -0.2) is 0 Å². The summed E-state index contributed by atoms with van der Waals surface area (Å²) in [5, 5.41) is 2.46. The van der Waals surface area contributed by atoms with E-state index in [4.69, 9.17) is 0 Å². The van der Waals surface area contributed by atoms with E-state index in [2.05, 4.69) is 0 Å². The predicted molar refractivity (Wildman–Crippen MR) is 76.7 cm³/mol. The summed E-state index contributed by atoms with van der Waals surface area (Å²) in [5.74, 6) is -0.390. The van der Waals surface area contributed by atoms with Crippen molar-refractivity contribution in [3.05, 3.63) is 70.6 Å². The Labute approximate surface area is 122 Å². The molecule has 3 rings (SSSR count). The Hall–Kier alpha value is -2.14. The smallest absolute Gasteiger partial charge is 0.289 e. The molecule has 5 heteroatoms. The molecule has 106 valence electrons. The van der Waals surface area contributed by atoms with Crippen molar-refractivity contribution in [2.24, 2.45) is 0 Å². The lowest BCUT2D eigenvalue weighted by Crippen LogP contribution is -2.07. The van der Waals surface area contributed by atoms with Gasteiger partial charge in [0.1, 0.15) is 0 Å². The van der Waals surface area contributed by atoms with Crippen molar-refractivity contribution in [1.82, 2.24) is 0 Å². The third kappa shape index (κ3) is 2.56. The van der Waals surface area contributed by atoms with Crippen molar-refractivity contribution in [2.45, 2.75) is 6.18 Å². The first-order valence-electron chi connectivity index (χ1n) is 6.15. The molecule has 0 spiro atoms. The van der Waals surface area contributed by atoms with Crippen LogP contribution in [0.3, 0.4) is 0 Å². The molecule has 0 amide bonds. The van der Waals surface area contributed by atoms with E-state index in [1.165, 1.54) is 23.5 Å². The molecule has 0 unspecified atom stereocenters. The van der Waals surface area contributed by atoms with Crippen LogP contribution in [0.2, 0.25) is 0 Å². The van der Waals surface area contributed by atoms with E-state index in [-0.39, 0.29) is 5.56 Å². The van der Waals surface area contributed by atoms with Crippen LogP contribution in [0, 0.1) is 0 Å². The SMILES string of the molecule is O=C(c1cccc(C(F)(F)F)c1)c1csc2ccccc12. The van der Waals surface area contributed by atoms with Gasteiger partial charge in [0.15, 0.2) is 5.78 Å². The third-order valence-electron chi connectivity index (χ3n) is 3.18. The summed E-state index contributed by atoms with van der Waals surface area (Å²) in [6.07, 6.45) is -4.45. The first-order chi connectivity index (χ1) is 9.97. The molecule has 0 fully saturated rings. The van der Waals surface area contributed by atoms with Crippen molar-refractivity contribution in [1.29, 1.82) is 0 Å². The van der Waals surface area contributed by atoms with Crippen LogP contribution < -0.4 is 0 Å². The largest absolute Gasteiger partial charge is 0.416 e. The minimum atomic E-state index is -4.45. The molecule has 3 aromatic rings. The van der Waals surface area contributed by atoms with Gasteiger partial charge in [0.05, 0.1) is 5.56 Å². The normalized spacial score (nSPS) is 11.8. The van der Waals surface area contributed by atoms with E-state index >= 15 is 0 Å². The second-order valence-corrected chi connectivity index (χ2v) is 5.46. The fourth-order valence-electron chi connectivity index (χ4n) is 2.15. The molecular weight excluding hydrogens is 297 g/mol. The van der Waals surface area contributed by atoms with Crippen LogP contribution in [-0.4, -0.2) is 5.78 Å². The summed E-state index contributed by atoms with van der Waals surface area (Å²) in [5.41, 5.74) is -0.323. The van der Waals surface area contributed by atoms with Crippen molar-refractivity contribution >= 4 is 27.2 Å². The zero-order chi connectivity index (χ0) is 15.0. The topological polar surface area (TPSA) is 17.1 Å². The molecule has 0 saturated heterocycles. The Balaban J connectivity index is 2.07. The molecular formula is C16H9F3OS. The molecule has 2 aromatic carbocycles. The average molecular weight is 306 g/mol. The highest BCUT2D eigenvalue weighted by Crippen LogP contribution is 2.31. The van der Waals surface area contributed by atoms with Gasteiger partial charge in [-0.2, -0.15) is 13.2 Å². The summed E-state index contributed by atoms with van der Waals surface area (Å²) >= 11 is 1.40. The van der Waals surface area contributed by atoms with Gasteiger partial charge in [-0.05, 0) is 18.2 Å². The minimum absolute atomic E-state index is 0.0494. The van der Waals surface area contributed by atoms with Gasteiger partial charge in [-0.3, -0.25) is 4.79 Å². The summed E-state index contributed by atoms with van der Waals surface area (Å²) in [4.78, 5) is 12.4. The lowest BCUT2D eigenvalue weighted by molar-refractivity contribution is -0.137.